The number of hydrogen-bond donors (Lipinski definition) is 2. The second-order valence-electron chi connectivity index (χ2n) is 5.76. The van der Waals surface area contributed by atoms with E-state index in [0.717, 1.165) is 12.8 Å². The van der Waals surface area contributed by atoms with Gasteiger partial charge in [0.2, 0.25) is 0 Å². The molecule has 0 bridgehead atoms. The third-order valence-electron chi connectivity index (χ3n) is 3.89. The van der Waals surface area contributed by atoms with Crippen molar-refractivity contribution in [3.63, 3.8) is 0 Å². The highest BCUT2D eigenvalue weighted by Gasteiger charge is 2.48. The van der Waals surface area contributed by atoms with Gasteiger partial charge in [-0.3, -0.25) is 10.1 Å². The first kappa shape index (κ1) is 15.6. The topological polar surface area (TPSA) is 58.6 Å². The van der Waals surface area contributed by atoms with Gasteiger partial charge in [0.25, 0.3) is 0 Å². The Bertz CT molecular complexity index is 357. The van der Waals surface area contributed by atoms with E-state index in [9.17, 15) is 23.1 Å². The Labute approximate surface area is 115 Å². The largest absolute Gasteiger partial charge is 0.480 e. The fourth-order valence-electron chi connectivity index (χ4n) is 2.67. The zero-order chi connectivity index (χ0) is 14.8. The molecule has 2 saturated carbocycles. The molecule has 2 N–H and O–H groups in total. The van der Waals surface area contributed by atoms with Crippen LogP contribution < -0.4 is 5.32 Å². The summed E-state index contributed by atoms with van der Waals surface area (Å²) in [5.74, 6) is -0.884. The van der Waals surface area contributed by atoms with Crippen molar-refractivity contribution in [2.75, 3.05) is 6.61 Å². The number of aliphatic carboxylic acids is 1. The molecule has 2 aliphatic carbocycles. The predicted molar refractivity (Wildman–Crippen MR) is 65.4 cm³/mol. The van der Waals surface area contributed by atoms with Crippen molar-refractivity contribution in [1.82, 2.24) is 5.32 Å². The van der Waals surface area contributed by atoms with Crippen LogP contribution in [0.2, 0.25) is 0 Å². The Morgan fingerprint density at radius 2 is 2.05 bits per heavy atom. The van der Waals surface area contributed by atoms with E-state index in [2.05, 4.69) is 5.32 Å². The summed E-state index contributed by atoms with van der Waals surface area (Å²) in [4.78, 5) is 11.4. The molecule has 7 heteroatoms. The molecular formula is C13H20F3NO3. The zero-order valence-electron chi connectivity index (χ0n) is 11.2. The molecular weight excluding hydrogens is 275 g/mol. The Hall–Kier alpha value is -0.820. The monoisotopic (exact) mass is 295 g/mol. The van der Waals surface area contributed by atoms with Crippen LogP contribution in [0.1, 0.15) is 44.9 Å². The zero-order valence-corrected chi connectivity index (χ0v) is 11.2. The highest BCUT2D eigenvalue weighted by atomic mass is 19.4. The van der Waals surface area contributed by atoms with E-state index in [-0.39, 0.29) is 25.2 Å². The van der Waals surface area contributed by atoms with Gasteiger partial charge in [-0.2, -0.15) is 13.2 Å². The van der Waals surface area contributed by atoms with E-state index in [1.807, 2.05) is 0 Å². The van der Waals surface area contributed by atoms with Crippen LogP contribution in [0.15, 0.2) is 0 Å². The van der Waals surface area contributed by atoms with Gasteiger partial charge < -0.3 is 9.84 Å². The van der Waals surface area contributed by atoms with Crippen LogP contribution in [-0.2, 0) is 9.53 Å². The van der Waals surface area contributed by atoms with Crippen LogP contribution in [0, 0.1) is 0 Å². The van der Waals surface area contributed by atoms with E-state index in [4.69, 9.17) is 4.74 Å². The molecule has 0 saturated heterocycles. The third-order valence-corrected chi connectivity index (χ3v) is 3.89. The maximum atomic E-state index is 12.0. The first-order valence-electron chi connectivity index (χ1n) is 7.00. The lowest BCUT2D eigenvalue weighted by molar-refractivity contribution is -0.145. The number of halogens is 3. The number of alkyl halides is 3. The van der Waals surface area contributed by atoms with Crippen LogP contribution in [0.4, 0.5) is 13.2 Å². The van der Waals surface area contributed by atoms with Gasteiger partial charge in [-0.05, 0) is 32.1 Å². The molecule has 2 rings (SSSR count). The molecule has 2 aliphatic rings. The van der Waals surface area contributed by atoms with Crippen LogP contribution in [-0.4, -0.2) is 41.5 Å². The van der Waals surface area contributed by atoms with E-state index >= 15 is 0 Å². The molecule has 0 aromatic rings. The summed E-state index contributed by atoms with van der Waals surface area (Å²) < 4.78 is 41.4. The summed E-state index contributed by atoms with van der Waals surface area (Å²) in [6, 6.07) is 0.273. The number of hydrogen-bond acceptors (Lipinski definition) is 3. The highest BCUT2D eigenvalue weighted by molar-refractivity contribution is 5.79. The molecule has 0 aromatic carbocycles. The highest BCUT2D eigenvalue weighted by Crippen LogP contribution is 2.36. The molecule has 2 fully saturated rings. The first-order valence-corrected chi connectivity index (χ1v) is 7.00. The Balaban J connectivity index is 1.74. The summed E-state index contributed by atoms with van der Waals surface area (Å²) in [5.41, 5.74) is -0.949. The van der Waals surface area contributed by atoms with Gasteiger partial charge in [-0.25, -0.2) is 0 Å². The lowest BCUT2D eigenvalue weighted by atomic mass is 9.97. The second kappa shape index (κ2) is 5.89. The van der Waals surface area contributed by atoms with Crippen molar-refractivity contribution < 1.29 is 27.8 Å². The standard InChI is InChI=1S/C13H20F3NO3/c14-13(15,16)5-1-7-20-10-4-6-12(8-10,11(18)19)17-9-2-3-9/h9-10,17H,1-8H2,(H,18,19). The van der Waals surface area contributed by atoms with Crippen molar-refractivity contribution in [2.24, 2.45) is 0 Å². The Morgan fingerprint density at radius 3 is 2.60 bits per heavy atom. The fourth-order valence-corrected chi connectivity index (χ4v) is 2.67. The number of carboxylic acid groups (broad SMARTS) is 1. The third kappa shape index (κ3) is 4.34. The minimum absolute atomic E-state index is 0.0311. The summed E-state index contributed by atoms with van der Waals surface area (Å²) in [7, 11) is 0. The van der Waals surface area contributed by atoms with Crippen LogP contribution in [0.3, 0.4) is 0 Å². The van der Waals surface area contributed by atoms with Crippen molar-refractivity contribution in [3.8, 4) is 0 Å². The van der Waals surface area contributed by atoms with E-state index in [0.29, 0.717) is 19.3 Å². The molecule has 0 amide bonds. The number of carboxylic acids is 1. The van der Waals surface area contributed by atoms with Crippen molar-refractivity contribution in [3.05, 3.63) is 0 Å². The van der Waals surface area contributed by atoms with Crippen molar-refractivity contribution in [2.45, 2.75) is 68.8 Å². The molecule has 2 unspecified atom stereocenters. The number of rotatable bonds is 7. The Kier molecular flexibility index (Phi) is 4.59. The molecule has 4 nitrogen and oxygen atoms in total. The molecule has 116 valence electrons. The lowest BCUT2D eigenvalue weighted by Gasteiger charge is -2.26. The lowest BCUT2D eigenvalue weighted by Crippen LogP contribution is -2.51. The van der Waals surface area contributed by atoms with Gasteiger partial charge in [-0.1, -0.05) is 0 Å². The van der Waals surface area contributed by atoms with Crippen LogP contribution >= 0.6 is 0 Å². The van der Waals surface area contributed by atoms with Crippen molar-refractivity contribution >= 4 is 5.97 Å². The quantitative estimate of drug-likeness (QED) is 0.708. The number of carbonyl (C=O) groups is 1. The maximum Gasteiger partial charge on any atom is 0.389 e. The normalized spacial score (nSPS) is 30.6. The minimum atomic E-state index is -4.16. The van der Waals surface area contributed by atoms with Gasteiger partial charge in [-0.15, -0.1) is 0 Å². The van der Waals surface area contributed by atoms with E-state index < -0.39 is 24.1 Å². The molecule has 0 heterocycles. The summed E-state index contributed by atoms with van der Waals surface area (Å²) >= 11 is 0. The molecule has 0 radical (unpaired) electrons. The van der Waals surface area contributed by atoms with Gasteiger partial charge in [0.05, 0.1) is 6.10 Å². The number of ether oxygens (including phenoxy) is 1. The minimum Gasteiger partial charge on any atom is -0.480 e. The average Bonchev–Trinajstić information content (AvgIpc) is 3.03. The molecule has 0 aliphatic heterocycles. The van der Waals surface area contributed by atoms with Crippen molar-refractivity contribution in [1.29, 1.82) is 0 Å². The van der Waals surface area contributed by atoms with Crippen LogP contribution in [0.25, 0.3) is 0 Å². The first-order chi connectivity index (χ1) is 9.31. The Morgan fingerprint density at radius 1 is 1.35 bits per heavy atom. The van der Waals surface area contributed by atoms with Gasteiger partial charge in [0.15, 0.2) is 0 Å². The fraction of sp³-hybridized carbons (Fsp3) is 0.923. The van der Waals surface area contributed by atoms with Gasteiger partial charge in [0.1, 0.15) is 5.54 Å². The maximum absolute atomic E-state index is 12.0. The summed E-state index contributed by atoms with van der Waals surface area (Å²) in [6.45, 7) is 0.0311. The molecule has 0 aromatic heterocycles. The smallest absolute Gasteiger partial charge is 0.389 e. The molecule has 2 atom stereocenters. The summed E-state index contributed by atoms with van der Waals surface area (Å²) in [6.07, 6.45) is -1.97. The van der Waals surface area contributed by atoms with E-state index in [1.54, 1.807) is 0 Å². The summed E-state index contributed by atoms with van der Waals surface area (Å²) in [5, 5.41) is 12.5. The molecule has 20 heavy (non-hydrogen) atoms. The predicted octanol–water partition coefficient (Wildman–Crippen LogP) is 2.47. The SMILES string of the molecule is O=C(O)C1(NC2CC2)CCC(OCCCC(F)(F)F)C1. The number of nitrogens with one attached hydrogen (secondary N) is 1. The average molecular weight is 295 g/mol. The van der Waals surface area contributed by atoms with Crippen LogP contribution in [0.5, 0.6) is 0 Å². The second-order valence-corrected chi connectivity index (χ2v) is 5.76. The molecule has 0 spiro atoms. The van der Waals surface area contributed by atoms with Gasteiger partial charge in [0, 0.05) is 25.5 Å². The van der Waals surface area contributed by atoms with E-state index in [1.165, 1.54) is 0 Å². The van der Waals surface area contributed by atoms with Gasteiger partial charge >= 0.3 is 12.1 Å².